The molecule has 4 aromatic rings. The molecule has 0 saturated carbocycles. The van der Waals surface area contributed by atoms with Crippen LogP contribution in [0.5, 0.6) is 0 Å². The molecule has 5 rings (SSSR count). The Bertz CT molecular complexity index is 1580. The average molecular weight is 654 g/mol. The van der Waals surface area contributed by atoms with Crippen molar-refractivity contribution in [3.05, 3.63) is 89.7 Å². The first-order valence-corrected chi connectivity index (χ1v) is 14.2. The zero-order valence-corrected chi connectivity index (χ0v) is 22.6. The Labute approximate surface area is 214 Å². The molecule has 0 saturated heterocycles. The van der Waals surface area contributed by atoms with Crippen LogP contribution >= 0.6 is 0 Å². The number of amidine groups is 1. The quantitative estimate of drug-likeness (QED) is 0.253. The van der Waals surface area contributed by atoms with Crippen molar-refractivity contribution in [1.29, 1.82) is 5.41 Å². The van der Waals surface area contributed by atoms with Crippen molar-refractivity contribution >= 4 is 25.4 Å². The third kappa shape index (κ3) is 4.37. The molecule has 0 atom stereocenters. The Balaban J connectivity index is 1.50. The summed E-state index contributed by atoms with van der Waals surface area (Å²) in [6.45, 7) is 0.771. The van der Waals surface area contributed by atoms with Crippen molar-refractivity contribution in [3.8, 4) is 16.8 Å². The summed E-state index contributed by atoms with van der Waals surface area (Å²) in [4.78, 5) is 2.53. The van der Waals surface area contributed by atoms with Gasteiger partial charge in [-0.3, -0.25) is 0 Å². The number of hydrogen-bond donors (Lipinski definition) is 2. The summed E-state index contributed by atoms with van der Waals surface area (Å²) in [5.74, 6) is 0.0405. The monoisotopic (exact) mass is 654 g/mol. The number of nitrogens with zero attached hydrogens (tertiary/aromatic N) is 4. The van der Waals surface area contributed by atoms with Crippen LogP contribution in [-0.2, 0) is 35.6 Å². The molecule has 0 fully saturated rings. The van der Waals surface area contributed by atoms with Crippen molar-refractivity contribution in [1.82, 2.24) is 15.0 Å². The number of sulfone groups is 1. The van der Waals surface area contributed by atoms with E-state index in [2.05, 4.69) is 15.2 Å². The first-order valence-electron chi connectivity index (χ1n) is 10.8. The first kappa shape index (κ1) is 23.3. The van der Waals surface area contributed by atoms with Crippen LogP contribution in [0.2, 0.25) is 0 Å². The summed E-state index contributed by atoms with van der Waals surface area (Å²) < 4.78 is 27.4. The van der Waals surface area contributed by atoms with Gasteiger partial charge in [0.25, 0.3) is 0 Å². The SMILES string of the molecule is CS(=O)(=O)c1ccccc1-c1ccc(-n2nnc3c2[C](=[W])N(c2cccc(C(=N)N)c2)CC3)cc1. The van der Waals surface area contributed by atoms with Gasteiger partial charge in [0.2, 0.25) is 0 Å². The van der Waals surface area contributed by atoms with Gasteiger partial charge >= 0.3 is 215 Å². The van der Waals surface area contributed by atoms with E-state index < -0.39 is 9.84 Å². The summed E-state index contributed by atoms with van der Waals surface area (Å²) in [6, 6.07) is 22.4. The fraction of sp³-hybridized carbons (Fsp3) is 0.120. The van der Waals surface area contributed by atoms with Crippen LogP contribution < -0.4 is 10.6 Å². The third-order valence-electron chi connectivity index (χ3n) is 5.94. The Hall–Kier alpha value is -3.42. The number of anilines is 1. The summed E-state index contributed by atoms with van der Waals surface area (Å²) in [5, 5.41) is 16.6. The van der Waals surface area contributed by atoms with E-state index in [0.29, 0.717) is 16.0 Å². The number of aromatic nitrogens is 3. The topological polar surface area (TPSA) is 118 Å². The van der Waals surface area contributed by atoms with Gasteiger partial charge in [-0.2, -0.15) is 0 Å². The molecule has 1 aliphatic heterocycles. The first-order chi connectivity index (χ1) is 16.7. The number of nitrogens with two attached hydrogens (primary N) is 1. The Morgan fingerprint density at radius 2 is 1.77 bits per heavy atom. The van der Waals surface area contributed by atoms with E-state index in [9.17, 15) is 8.42 Å². The Morgan fingerprint density at radius 3 is 2.49 bits per heavy atom. The summed E-state index contributed by atoms with van der Waals surface area (Å²) in [7, 11) is -3.35. The summed E-state index contributed by atoms with van der Waals surface area (Å²) in [6.07, 6.45) is 1.97. The Morgan fingerprint density at radius 1 is 1.03 bits per heavy atom. The minimum atomic E-state index is -3.35. The van der Waals surface area contributed by atoms with Crippen molar-refractivity contribution in [2.75, 3.05) is 17.7 Å². The van der Waals surface area contributed by atoms with Crippen molar-refractivity contribution < 1.29 is 27.8 Å². The van der Waals surface area contributed by atoms with Crippen molar-refractivity contribution in [2.24, 2.45) is 5.73 Å². The van der Waals surface area contributed by atoms with E-state index in [1.54, 1.807) is 12.1 Å². The number of nitrogens with one attached hydrogen (secondary N) is 1. The van der Waals surface area contributed by atoms with Crippen LogP contribution in [0.25, 0.3) is 16.8 Å². The van der Waals surface area contributed by atoms with E-state index in [0.717, 1.165) is 45.3 Å². The predicted molar refractivity (Wildman–Crippen MR) is 133 cm³/mol. The van der Waals surface area contributed by atoms with Crippen LogP contribution in [0, 0.1) is 5.41 Å². The maximum absolute atomic E-state index is 12.2. The van der Waals surface area contributed by atoms with Gasteiger partial charge in [0, 0.05) is 0 Å². The van der Waals surface area contributed by atoms with E-state index in [1.807, 2.05) is 65.3 Å². The molecule has 1 aliphatic rings. The van der Waals surface area contributed by atoms with Crippen molar-refractivity contribution in [3.63, 3.8) is 0 Å². The van der Waals surface area contributed by atoms with E-state index in [4.69, 9.17) is 11.1 Å². The molecule has 10 heteroatoms. The zero-order valence-electron chi connectivity index (χ0n) is 18.8. The molecule has 3 N–H and O–H groups in total. The molecule has 0 radical (unpaired) electrons. The molecular formula is C25H22N6O2SW. The maximum atomic E-state index is 12.2. The molecule has 176 valence electrons. The van der Waals surface area contributed by atoms with Crippen LogP contribution in [0.15, 0.2) is 77.7 Å². The van der Waals surface area contributed by atoms with E-state index in [-0.39, 0.29) is 5.84 Å². The molecule has 8 nitrogen and oxygen atoms in total. The summed E-state index contributed by atoms with van der Waals surface area (Å²) >= 11 is 1.27. The molecule has 2 heterocycles. The van der Waals surface area contributed by atoms with E-state index in [1.165, 1.54) is 25.6 Å². The van der Waals surface area contributed by atoms with Crippen LogP contribution in [0.4, 0.5) is 5.69 Å². The van der Waals surface area contributed by atoms with Gasteiger partial charge < -0.3 is 0 Å². The van der Waals surface area contributed by atoms with Gasteiger partial charge in [-0.1, -0.05) is 0 Å². The molecule has 1 aromatic heterocycles. The molecule has 0 spiro atoms. The predicted octanol–water partition coefficient (Wildman–Crippen LogP) is 2.71. The van der Waals surface area contributed by atoms with Crippen LogP contribution in [-0.4, -0.2) is 46.1 Å². The number of fused-ring (bicyclic) bond motifs is 1. The van der Waals surface area contributed by atoms with Crippen molar-refractivity contribution in [2.45, 2.75) is 11.3 Å². The van der Waals surface area contributed by atoms with Gasteiger partial charge in [0.15, 0.2) is 0 Å². The molecular weight excluding hydrogens is 632 g/mol. The fourth-order valence-electron chi connectivity index (χ4n) is 4.22. The Kier molecular flexibility index (Phi) is 5.99. The summed E-state index contributed by atoms with van der Waals surface area (Å²) in [5.41, 5.74) is 11.6. The molecule has 35 heavy (non-hydrogen) atoms. The molecule has 3 aromatic carbocycles. The average Bonchev–Trinajstić information content (AvgIpc) is 3.29. The molecule has 0 amide bonds. The standard InChI is InChI=1S/C25H22N6O2S.W/c1-34(32,33)24-8-3-2-7-21(24)17-9-11-19(12-10-17)31-23-16-30(14-13-22(23)28-29-31)20-6-4-5-18(15-20)25(26)27;/h2-12,15H,13-14H2,1H3,(H3,26,27);. The van der Waals surface area contributed by atoms with Gasteiger partial charge in [-0.15, -0.1) is 0 Å². The van der Waals surface area contributed by atoms with Crippen LogP contribution in [0.1, 0.15) is 17.0 Å². The molecule has 0 aliphatic carbocycles. The van der Waals surface area contributed by atoms with Gasteiger partial charge in [-0.25, -0.2) is 0 Å². The van der Waals surface area contributed by atoms with Crippen LogP contribution in [0.3, 0.4) is 0 Å². The van der Waals surface area contributed by atoms with E-state index >= 15 is 0 Å². The minimum absolute atomic E-state index is 0.0405. The molecule has 0 unspecified atom stereocenters. The van der Waals surface area contributed by atoms with Gasteiger partial charge in [0.1, 0.15) is 0 Å². The zero-order chi connectivity index (χ0) is 24.7. The molecule has 0 bridgehead atoms. The second-order valence-corrected chi connectivity index (χ2v) is 11.7. The second kappa shape index (κ2) is 8.98. The number of hydrogen-bond acceptors (Lipinski definition) is 6. The fourth-order valence-corrected chi connectivity index (χ4v) is 6.57. The van der Waals surface area contributed by atoms with Gasteiger partial charge in [0.05, 0.1) is 0 Å². The second-order valence-electron chi connectivity index (χ2n) is 8.28. The third-order valence-corrected chi connectivity index (χ3v) is 8.58. The van der Waals surface area contributed by atoms with Gasteiger partial charge in [-0.05, 0) is 0 Å². The number of benzene rings is 3. The normalized spacial score (nSPS) is 13.5. The number of rotatable bonds is 5. The number of nitrogen functional groups attached to an aromatic ring is 1.